The van der Waals surface area contributed by atoms with Gasteiger partial charge in [-0.25, -0.2) is 4.98 Å². The lowest BCUT2D eigenvalue weighted by atomic mass is 9.91. The molecule has 7 heteroatoms. The van der Waals surface area contributed by atoms with Crippen molar-refractivity contribution >= 4 is 11.9 Å². The van der Waals surface area contributed by atoms with Crippen LogP contribution in [0.15, 0.2) is 30.3 Å². The van der Waals surface area contributed by atoms with Gasteiger partial charge in [-0.3, -0.25) is 9.69 Å². The molecule has 0 unspecified atom stereocenters. The first-order valence-electron chi connectivity index (χ1n) is 11.5. The van der Waals surface area contributed by atoms with Gasteiger partial charge in [0.2, 0.25) is 11.8 Å². The highest BCUT2D eigenvalue weighted by Gasteiger charge is 2.30. The van der Waals surface area contributed by atoms with Gasteiger partial charge in [-0.1, -0.05) is 24.6 Å². The van der Waals surface area contributed by atoms with Gasteiger partial charge in [0, 0.05) is 62.9 Å². The van der Waals surface area contributed by atoms with Crippen LogP contribution < -0.4 is 9.64 Å². The number of rotatable bonds is 4. The Morgan fingerprint density at radius 2 is 1.71 bits per heavy atom. The van der Waals surface area contributed by atoms with E-state index < -0.39 is 0 Å². The van der Waals surface area contributed by atoms with Gasteiger partial charge in [0.05, 0.1) is 12.8 Å². The van der Waals surface area contributed by atoms with E-state index >= 15 is 0 Å². The third-order valence-electron chi connectivity index (χ3n) is 6.98. The van der Waals surface area contributed by atoms with Gasteiger partial charge in [0.1, 0.15) is 0 Å². The molecule has 7 nitrogen and oxygen atoms in total. The molecular formula is C24H31N5O2. The number of aromatic nitrogens is 2. The minimum Gasteiger partial charge on any atom is -0.481 e. The summed E-state index contributed by atoms with van der Waals surface area (Å²) >= 11 is 0. The molecule has 1 aromatic heterocycles. The van der Waals surface area contributed by atoms with Crippen LogP contribution in [0.2, 0.25) is 0 Å². The minimum atomic E-state index is 0.0765. The molecule has 2 aromatic rings. The number of methoxy groups -OCH3 is 1. The molecular weight excluding hydrogens is 390 g/mol. The lowest BCUT2D eigenvalue weighted by molar-refractivity contribution is 0.0762. The van der Waals surface area contributed by atoms with E-state index in [2.05, 4.69) is 9.80 Å². The number of amides is 1. The maximum absolute atomic E-state index is 12.9. The van der Waals surface area contributed by atoms with Crippen molar-refractivity contribution in [1.29, 1.82) is 0 Å². The van der Waals surface area contributed by atoms with E-state index in [1.165, 1.54) is 19.3 Å². The van der Waals surface area contributed by atoms with Crippen LogP contribution in [0.3, 0.4) is 0 Å². The van der Waals surface area contributed by atoms with Crippen molar-refractivity contribution in [3.63, 3.8) is 0 Å². The van der Waals surface area contributed by atoms with Crippen molar-refractivity contribution in [2.75, 3.05) is 51.3 Å². The second-order valence-electron chi connectivity index (χ2n) is 8.72. The summed E-state index contributed by atoms with van der Waals surface area (Å²) in [6, 6.07) is 10.3. The number of hydrogen-bond donors (Lipinski definition) is 0. The Bertz CT molecular complexity index is 923. The Balaban J connectivity index is 1.31. The Hall–Kier alpha value is -2.67. The summed E-state index contributed by atoms with van der Waals surface area (Å²) in [6.07, 6.45) is 5.51. The fourth-order valence-electron chi connectivity index (χ4n) is 4.87. The van der Waals surface area contributed by atoms with E-state index in [1.54, 1.807) is 7.11 Å². The Kier molecular flexibility index (Phi) is 5.76. The third kappa shape index (κ3) is 4.11. The molecule has 0 radical (unpaired) electrons. The molecule has 0 bridgehead atoms. The number of benzene rings is 1. The average molecular weight is 422 g/mol. The predicted octanol–water partition coefficient (Wildman–Crippen LogP) is 2.40. The zero-order chi connectivity index (χ0) is 21.2. The normalized spacial score (nSPS) is 20.0. The fraction of sp³-hybridized carbons (Fsp3) is 0.542. The molecule has 0 atom stereocenters. The van der Waals surface area contributed by atoms with E-state index in [9.17, 15) is 4.79 Å². The zero-order valence-corrected chi connectivity index (χ0v) is 18.3. The number of carbonyl (C=O) groups excluding carboxylic acids is 1. The number of anilines is 1. The summed E-state index contributed by atoms with van der Waals surface area (Å²) in [7, 11) is 1.68. The van der Waals surface area contributed by atoms with Crippen LogP contribution in [0.5, 0.6) is 5.88 Å². The van der Waals surface area contributed by atoms with Crippen molar-refractivity contribution in [2.24, 2.45) is 0 Å². The number of nitrogens with zero attached hydrogens (tertiary/aromatic N) is 5. The van der Waals surface area contributed by atoms with Crippen molar-refractivity contribution < 1.29 is 9.53 Å². The summed E-state index contributed by atoms with van der Waals surface area (Å²) in [5.74, 6) is 1.51. The molecule has 1 aromatic carbocycles. The van der Waals surface area contributed by atoms with Crippen molar-refractivity contribution in [3.05, 3.63) is 47.2 Å². The van der Waals surface area contributed by atoms with Gasteiger partial charge in [-0.05, 0) is 31.4 Å². The molecule has 5 rings (SSSR count). The standard InChI is InChI=1S/C24H31N5O2/c1-31-22-20-10-12-28(23(30)18-6-3-2-4-7-18)13-11-21(20)25-24(26-22)29-16-14-27(15-17-29)19-8-5-9-19/h2-4,6-7,19H,5,8-17H2,1H3. The van der Waals surface area contributed by atoms with Crippen LogP contribution in [0.4, 0.5) is 5.95 Å². The molecule has 164 valence electrons. The van der Waals surface area contributed by atoms with Gasteiger partial charge in [0.25, 0.3) is 5.91 Å². The second-order valence-corrected chi connectivity index (χ2v) is 8.72. The third-order valence-corrected chi connectivity index (χ3v) is 6.98. The zero-order valence-electron chi connectivity index (χ0n) is 18.3. The first-order valence-corrected chi connectivity index (χ1v) is 11.5. The van der Waals surface area contributed by atoms with Crippen LogP contribution in [0.1, 0.15) is 40.9 Å². The molecule has 2 aliphatic heterocycles. The number of ether oxygens (including phenoxy) is 1. The van der Waals surface area contributed by atoms with E-state index in [1.807, 2.05) is 35.2 Å². The molecule has 1 saturated heterocycles. The van der Waals surface area contributed by atoms with Gasteiger partial charge in [0.15, 0.2) is 0 Å². The molecule has 2 fully saturated rings. The largest absolute Gasteiger partial charge is 0.481 e. The number of piperazine rings is 1. The number of hydrogen-bond acceptors (Lipinski definition) is 6. The fourth-order valence-corrected chi connectivity index (χ4v) is 4.87. The van der Waals surface area contributed by atoms with Crippen molar-refractivity contribution in [2.45, 2.75) is 38.1 Å². The van der Waals surface area contributed by atoms with Gasteiger partial charge >= 0.3 is 0 Å². The molecule has 0 spiro atoms. The second kappa shape index (κ2) is 8.83. The van der Waals surface area contributed by atoms with Gasteiger partial charge < -0.3 is 14.5 Å². The number of fused-ring (bicyclic) bond motifs is 1. The van der Waals surface area contributed by atoms with Crippen molar-refractivity contribution in [1.82, 2.24) is 19.8 Å². The molecule has 1 saturated carbocycles. The first kappa shape index (κ1) is 20.2. The highest BCUT2D eigenvalue weighted by atomic mass is 16.5. The van der Waals surface area contributed by atoms with Crippen LogP contribution >= 0.6 is 0 Å². The van der Waals surface area contributed by atoms with Crippen LogP contribution in [0.25, 0.3) is 0 Å². The highest BCUT2D eigenvalue weighted by molar-refractivity contribution is 5.94. The quantitative estimate of drug-likeness (QED) is 0.756. The summed E-state index contributed by atoms with van der Waals surface area (Å²) in [4.78, 5) is 29.5. The lowest BCUT2D eigenvalue weighted by Crippen LogP contribution is -2.52. The Morgan fingerprint density at radius 3 is 2.39 bits per heavy atom. The number of carbonyl (C=O) groups is 1. The summed E-state index contributed by atoms with van der Waals surface area (Å²) in [5.41, 5.74) is 2.80. The molecule has 31 heavy (non-hydrogen) atoms. The lowest BCUT2D eigenvalue weighted by Gasteiger charge is -2.43. The maximum atomic E-state index is 12.9. The maximum Gasteiger partial charge on any atom is 0.253 e. The van der Waals surface area contributed by atoms with Gasteiger partial charge in [-0.2, -0.15) is 4.98 Å². The first-order chi connectivity index (χ1) is 15.2. The smallest absolute Gasteiger partial charge is 0.253 e. The van der Waals surface area contributed by atoms with Crippen LogP contribution in [0, 0.1) is 0 Å². The van der Waals surface area contributed by atoms with E-state index in [4.69, 9.17) is 14.7 Å². The van der Waals surface area contributed by atoms with E-state index in [0.29, 0.717) is 25.4 Å². The summed E-state index contributed by atoms with van der Waals surface area (Å²) < 4.78 is 5.67. The SMILES string of the molecule is COc1nc(N2CCN(C3CCC3)CC2)nc2c1CCN(C(=O)c1ccccc1)CC2. The predicted molar refractivity (Wildman–Crippen MR) is 120 cm³/mol. The van der Waals surface area contributed by atoms with Gasteiger partial charge in [-0.15, -0.1) is 0 Å². The van der Waals surface area contributed by atoms with Crippen molar-refractivity contribution in [3.8, 4) is 5.88 Å². The van der Waals surface area contributed by atoms with Crippen LogP contribution in [-0.4, -0.2) is 78.1 Å². The average Bonchev–Trinajstić information content (AvgIpc) is 3.00. The van der Waals surface area contributed by atoms with E-state index in [-0.39, 0.29) is 5.91 Å². The molecule has 0 N–H and O–H groups in total. The monoisotopic (exact) mass is 421 g/mol. The highest BCUT2D eigenvalue weighted by Crippen LogP contribution is 2.29. The molecule has 1 aliphatic carbocycles. The molecule has 1 amide bonds. The van der Waals surface area contributed by atoms with E-state index in [0.717, 1.165) is 61.4 Å². The molecule has 3 aliphatic rings. The van der Waals surface area contributed by atoms with Crippen LogP contribution in [-0.2, 0) is 12.8 Å². The summed E-state index contributed by atoms with van der Waals surface area (Å²) in [6.45, 7) is 5.38. The minimum absolute atomic E-state index is 0.0765. The topological polar surface area (TPSA) is 61.8 Å². The Morgan fingerprint density at radius 1 is 0.968 bits per heavy atom. The summed E-state index contributed by atoms with van der Waals surface area (Å²) in [5, 5.41) is 0. The molecule has 3 heterocycles. The Labute approximate surface area is 184 Å².